The summed E-state index contributed by atoms with van der Waals surface area (Å²) in [5, 5.41) is 4.14. The zero-order valence-corrected chi connectivity index (χ0v) is 13.3. The van der Waals surface area contributed by atoms with Crippen molar-refractivity contribution in [2.45, 2.75) is 0 Å². The van der Waals surface area contributed by atoms with Gasteiger partial charge in [0.05, 0.1) is 7.11 Å². The van der Waals surface area contributed by atoms with Crippen LogP contribution < -0.4 is 4.74 Å². The molecule has 0 amide bonds. The maximum Gasteiger partial charge on any atom is 0.193 e. The summed E-state index contributed by atoms with van der Waals surface area (Å²) < 4.78 is 5.37. The first kappa shape index (κ1) is 14.5. The molecule has 0 heterocycles. The van der Waals surface area contributed by atoms with E-state index in [0.717, 1.165) is 21.5 Å². The van der Waals surface area contributed by atoms with Crippen LogP contribution in [0.2, 0.25) is 0 Å². The first-order valence-electron chi connectivity index (χ1n) is 7.86. The van der Waals surface area contributed by atoms with Gasteiger partial charge in [-0.2, -0.15) is 0 Å². The van der Waals surface area contributed by atoms with Gasteiger partial charge in [0.2, 0.25) is 0 Å². The Morgan fingerprint density at radius 2 is 1.46 bits per heavy atom. The van der Waals surface area contributed by atoms with Crippen LogP contribution in [0.25, 0.3) is 21.5 Å². The van der Waals surface area contributed by atoms with E-state index in [1.165, 1.54) is 0 Å². The molecule has 0 aliphatic carbocycles. The SMILES string of the molecule is COc1cc(C(=O)c2ccc3ccccc3c2)c2ccccc2c1. The second-order valence-electron chi connectivity index (χ2n) is 5.79. The molecule has 4 rings (SSSR count). The highest BCUT2D eigenvalue weighted by molar-refractivity contribution is 6.17. The van der Waals surface area contributed by atoms with Gasteiger partial charge < -0.3 is 4.74 Å². The highest BCUT2D eigenvalue weighted by Crippen LogP contribution is 2.28. The van der Waals surface area contributed by atoms with Gasteiger partial charge in [-0.1, -0.05) is 60.7 Å². The van der Waals surface area contributed by atoms with E-state index in [2.05, 4.69) is 0 Å². The number of carbonyl (C=O) groups excluding carboxylic acids is 1. The lowest BCUT2D eigenvalue weighted by molar-refractivity contribution is 0.104. The average Bonchev–Trinajstić information content (AvgIpc) is 2.66. The maximum atomic E-state index is 13.1. The van der Waals surface area contributed by atoms with E-state index in [0.29, 0.717) is 16.9 Å². The molecule has 24 heavy (non-hydrogen) atoms. The molecule has 0 spiro atoms. The lowest BCUT2D eigenvalue weighted by Crippen LogP contribution is -2.03. The fourth-order valence-electron chi connectivity index (χ4n) is 3.07. The molecule has 116 valence electrons. The monoisotopic (exact) mass is 312 g/mol. The van der Waals surface area contributed by atoms with Crippen molar-refractivity contribution < 1.29 is 9.53 Å². The van der Waals surface area contributed by atoms with Crippen LogP contribution >= 0.6 is 0 Å². The molecule has 0 atom stereocenters. The quantitative estimate of drug-likeness (QED) is 0.484. The summed E-state index contributed by atoms with van der Waals surface area (Å²) in [5.74, 6) is 0.702. The molecular weight excluding hydrogens is 296 g/mol. The lowest BCUT2D eigenvalue weighted by Gasteiger charge is -2.10. The van der Waals surface area contributed by atoms with Crippen molar-refractivity contribution in [1.82, 2.24) is 0 Å². The minimum atomic E-state index is 0.0100. The van der Waals surface area contributed by atoms with Crippen molar-refractivity contribution in [3.05, 3.63) is 90.0 Å². The normalized spacial score (nSPS) is 10.9. The topological polar surface area (TPSA) is 26.3 Å². The summed E-state index contributed by atoms with van der Waals surface area (Å²) in [4.78, 5) is 13.1. The van der Waals surface area contributed by atoms with Crippen molar-refractivity contribution in [3.63, 3.8) is 0 Å². The van der Waals surface area contributed by atoms with Crippen LogP contribution in [0.15, 0.2) is 78.9 Å². The Morgan fingerprint density at radius 1 is 0.750 bits per heavy atom. The Hall–Kier alpha value is -3.13. The Bertz CT molecular complexity index is 1060. The van der Waals surface area contributed by atoms with Crippen molar-refractivity contribution in [1.29, 1.82) is 0 Å². The van der Waals surface area contributed by atoms with Crippen molar-refractivity contribution in [2.75, 3.05) is 7.11 Å². The minimum absolute atomic E-state index is 0.0100. The molecule has 0 unspecified atom stereocenters. The zero-order chi connectivity index (χ0) is 16.5. The van der Waals surface area contributed by atoms with E-state index < -0.39 is 0 Å². The van der Waals surface area contributed by atoms with Crippen LogP contribution in [-0.2, 0) is 0 Å². The van der Waals surface area contributed by atoms with E-state index in [9.17, 15) is 4.79 Å². The molecule has 2 nitrogen and oxygen atoms in total. The molecule has 0 fully saturated rings. The molecule has 0 aromatic heterocycles. The third kappa shape index (κ3) is 2.42. The second kappa shape index (κ2) is 5.82. The van der Waals surface area contributed by atoms with Crippen LogP contribution in [0.3, 0.4) is 0 Å². The van der Waals surface area contributed by atoms with E-state index in [1.807, 2.05) is 78.9 Å². The zero-order valence-electron chi connectivity index (χ0n) is 13.3. The van der Waals surface area contributed by atoms with E-state index in [-0.39, 0.29) is 5.78 Å². The summed E-state index contributed by atoms with van der Waals surface area (Å²) in [5.41, 5.74) is 1.35. The number of ether oxygens (including phenoxy) is 1. The Labute approximate surface area is 140 Å². The third-order valence-corrected chi connectivity index (χ3v) is 4.33. The number of fused-ring (bicyclic) bond motifs is 2. The molecule has 0 saturated carbocycles. The van der Waals surface area contributed by atoms with Gasteiger partial charge in [0.15, 0.2) is 5.78 Å². The number of ketones is 1. The van der Waals surface area contributed by atoms with Gasteiger partial charge in [-0.3, -0.25) is 4.79 Å². The summed E-state index contributed by atoms with van der Waals surface area (Å²) in [6.07, 6.45) is 0. The summed E-state index contributed by atoms with van der Waals surface area (Å²) in [6.45, 7) is 0. The number of methoxy groups -OCH3 is 1. The molecule has 0 aliphatic heterocycles. The predicted octanol–water partition coefficient (Wildman–Crippen LogP) is 5.23. The smallest absolute Gasteiger partial charge is 0.193 e. The second-order valence-corrected chi connectivity index (χ2v) is 5.79. The van der Waals surface area contributed by atoms with Gasteiger partial charge >= 0.3 is 0 Å². The molecule has 0 N–H and O–H groups in total. The van der Waals surface area contributed by atoms with Gasteiger partial charge in [0, 0.05) is 11.1 Å². The van der Waals surface area contributed by atoms with E-state index in [1.54, 1.807) is 7.11 Å². The fraction of sp³-hybridized carbons (Fsp3) is 0.0455. The maximum absolute atomic E-state index is 13.1. The first-order valence-corrected chi connectivity index (χ1v) is 7.86. The van der Waals surface area contributed by atoms with Crippen LogP contribution in [0, 0.1) is 0 Å². The summed E-state index contributed by atoms with van der Waals surface area (Å²) >= 11 is 0. The standard InChI is InChI=1S/C22H16O2/c1-24-19-13-17-8-4-5-9-20(17)21(14-19)22(23)18-11-10-15-6-2-3-7-16(15)12-18/h2-14H,1H3. The Morgan fingerprint density at radius 3 is 2.25 bits per heavy atom. The number of hydrogen-bond donors (Lipinski definition) is 0. The molecule has 4 aromatic rings. The van der Waals surface area contributed by atoms with Crippen LogP contribution in [-0.4, -0.2) is 12.9 Å². The highest BCUT2D eigenvalue weighted by Gasteiger charge is 2.14. The number of carbonyl (C=O) groups is 1. The van der Waals surface area contributed by atoms with Crippen molar-refractivity contribution in [2.24, 2.45) is 0 Å². The fourth-order valence-corrected chi connectivity index (χ4v) is 3.07. The first-order chi connectivity index (χ1) is 11.8. The van der Waals surface area contributed by atoms with Gasteiger partial charge in [0.25, 0.3) is 0 Å². The largest absolute Gasteiger partial charge is 0.497 e. The van der Waals surface area contributed by atoms with Gasteiger partial charge in [-0.05, 0) is 39.7 Å². The highest BCUT2D eigenvalue weighted by atomic mass is 16.5. The van der Waals surface area contributed by atoms with Gasteiger partial charge in [-0.25, -0.2) is 0 Å². The molecular formula is C22H16O2. The minimum Gasteiger partial charge on any atom is -0.497 e. The van der Waals surface area contributed by atoms with Crippen LogP contribution in [0.1, 0.15) is 15.9 Å². The molecule has 0 aliphatic rings. The van der Waals surface area contributed by atoms with Crippen LogP contribution in [0.5, 0.6) is 5.75 Å². The molecule has 0 saturated heterocycles. The lowest BCUT2D eigenvalue weighted by atomic mass is 9.95. The van der Waals surface area contributed by atoms with Gasteiger partial charge in [0.1, 0.15) is 5.75 Å². The molecule has 4 aromatic carbocycles. The van der Waals surface area contributed by atoms with Crippen LogP contribution in [0.4, 0.5) is 0 Å². The Balaban J connectivity index is 1.90. The van der Waals surface area contributed by atoms with Crippen molar-refractivity contribution >= 4 is 27.3 Å². The predicted molar refractivity (Wildman–Crippen MR) is 97.9 cm³/mol. The summed E-state index contributed by atoms with van der Waals surface area (Å²) in [6, 6.07) is 25.5. The number of hydrogen-bond acceptors (Lipinski definition) is 2. The third-order valence-electron chi connectivity index (χ3n) is 4.33. The molecule has 0 bridgehead atoms. The average molecular weight is 312 g/mol. The summed E-state index contributed by atoms with van der Waals surface area (Å²) in [7, 11) is 1.62. The van der Waals surface area contributed by atoms with E-state index >= 15 is 0 Å². The Kier molecular flexibility index (Phi) is 3.51. The molecule has 0 radical (unpaired) electrons. The number of benzene rings is 4. The van der Waals surface area contributed by atoms with Gasteiger partial charge in [-0.15, -0.1) is 0 Å². The molecule has 2 heteroatoms. The van der Waals surface area contributed by atoms with E-state index in [4.69, 9.17) is 4.74 Å². The number of rotatable bonds is 3. The van der Waals surface area contributed by atoms with Crippen molar-refractivity contribution in [3.8, 4) is 5.75 Å².